The lowest BCUT2D eigenvalue weighted by Crippen LogP contribution is -2.31. The Hall–Kier alpha value is -2.37. The fraction of sp³-hybridized carbons (Fsp3) is 0.222. The molecule has 2 aromatic carbocycles. The van der Waals surface area contributed by atoms with Gasteiger partial charge < -0.3 is 5.11 Å². The Kier molecular flexibility index (Phi) is 3.83. The number of benzene rings is 2. The topological polar surface area (TPSA) is 46.9 Å². The summed E-state index contributed by atoms with van der Waals surface area (Å²) in [6.07, 6.45) is 1.80. The molecule has 0 radical (unpaired) electrons. The van der Waals surface area contributed by atoms with Crippen LogP contribution in [0.15, 0.2) is 42.6 Å². The Morgan fingerprint density at radius 2 is 1.74 bits per heavy atom. The quantitative estimate of drug-likeness (QED) is 0.885. The zero-order valence-corrected chi connectivity index (χ0v) is 13.3. The second-order valence-electron chi connectivity index (χ2n) is 5.85. The average Bonchev–Trinajstić information content (AvgIpc) is 2.75. The molecule has 0 amide bonds. The van der Waals surface area contributed by atoms with Crippen LogP contribution in [0.2, 0.25) is 0 Å². The molecule has 5 heteroatoms. The predicted molar refractivity (Wildman–Crippen MR) is 86.1 cm³/mol. The van der Waals surface area contributed by atoms with Crippen molar-refractivity contribution in [3.63, 3.8) is 0 Å². The molecule has 2 aromatic rings. The zero-order valence-electron chi connectivity index (χ0n) is 13.3. The molecule has 0 saturated carbocycles. The lowest BCUT2D eigenvalue weighted by atomic mass is 9.89. The van der Waals surface area contributed by atoms with E-state index in [4.69, 9.17) is 0 Å². The largest absolute Gasteiger partial charge is 0.508 e. The first-order chi connectivity index (χ1) is 10.9. The number of halogens is 1. The van der Waals surface area contributed by atoms with Crippen LogP contribution in [-0.2, 0) is 0 Å². The van der Waals surface area contributed by atoms with Crippen LogP contribution in [0.1, 0.15) is 28.3 Å². The number of aryl methyl sites for hydroxylation is 2. The van der Waals surface area contributed by atoms with Crippen LogP contribution in [0.4, 0.5) is 4.39 Å². The van der Waals surface area contributed by atoms with Gasteiger partial charge in [-0.15, -0.1) is 0 Å². The molecule has 1 heterocycles. The molecule has 120 valence electrons. The van der Waals surface area contributed by atoms with E-state index >= 15 is 0 Å². The van der Waals surface area contributed by atoms with Crippen molar-refractivity contribution in [3.05, 3.63) is 70.7 Å². The van der Waals surface area contributed by atoms with E-state index in [-0.39, 0.29) is 5.75 Å². The summed E-state index contributed by atoms with van der Waals surface area (Å²) in [5, 5.41) is 22.3. The van der Waals surface area contributed by atoms with Crippen molar-refractivity contribution in [1.29, 1.82) is 0 Å². The van der Waals surface area contributed by atoms with Crippen LogP contribution in [0.5, 0.6) is 5.75 Å². The van der Waals surface area contributed by atoms with E-state index in [0.29, 0.717) is 5.56 Å². The molecule has 1 atom stereocenters. The Balaban J connectivity index is 2.17. The van der Waals surface area contributed by atoms with Crippen molar-refractivity contribution in [1.82, 2.24) is 10.2 Å². The lowest BCUT2D eigenvalue weighted by molar-refractivity contribution is -0.222. The molecule has 0 aromatic heterocycles. The normalized spacial score (nSPS) is 18.4. The summed E-state index contributed by atoms with van der Waals surface area (Å²) < 4.78 is 14.3. The van der Waals surface area contributed by atoms with Gasteiger partial charge in [-0.1, -0.05) is 29.4 Å². The molecule has 1 aliphatic rings. The number of hydrazine groups is 1. The summed E-state index contributed by atoms with van der Waals surface area (Å²) in [5.41, 5.74) is 4.24. The van der Waals surface area contributed by atoms with Crippen molar-refractivity contribution in [2.24, 2.45) is 0 Å². The fourth-order valence-electron chi connectivity index (χ4n) is 3.14. The van der Waals surface area contributed by atoms with Crippen molar-refractivity contribution in [2.75, 3.05) is 7.05 Å². The van der Waals surface area contributed by atoms with E-state index in [0.717, 1.165) is 33.5 Å². The van der Waals surface area contributed by atoms with Gasteiger partial charge in [-0.3, -0.25) is 10.2 Å². The summed E-state index contributed by atoms with van der Waals surface area (Å²) in [4.78, 5) is 0. The molecule has 23 heavy (non-hydrogen) atoms. The minimum absolute atomic E-state index is 0.139. The highest BCUT2D eigenvalue weighted by Crippen LogP contribution is 2.43. The van der Waals surface area contributed by atoms with Gasteiger partial charge in [0, 0.05) is 30.5 Å². The van der Waals surface area contributed by atoms with Crippen LogP contribution in [0, 0.1) is 19.7 Å². The minimum Gasteiger partial charge on any atom is -0.508 e. The van der Waals surface area contributed by atoms with Crippen LogP contribution in [-0.4, -0.2) is 27.5 Å². The first kappa shape index (κ1) is 15.5. The number of hydroxylamine groups is 1. The Bertz CT molecular complexity index is 768. The highest BCUT2D eigenvalue weighted by atomic mass is 19.1. The van der Waals surface area contributed by atoms with Gasteiger partial charge in [0.25, 0.3) is 0 Å². The molecule has 0 spiro atoms. The maximum Gasteiger partial charge on any atom is 0.132 e. The lowest BCUT2D eigenvalue weighted by Gasteiger charge is -2.26. The molecule has 1 unspecified atom stereocenters. The predicted octanol–water partition coefficient (Wildman–Crippen LogP) is 3.78. The van der Waals surface area contributed by atoms with Crippen LogP contribution in [0.25, 0.3) is 5.57 Å². The molecule has 0 fully saturated rings. The van der Waals surface area contributed by atoms with E-state index < -0.39 is 11.9 Å². The van der Waals surface area contributed by atoms with Crippen molar-refractivity contribution in [3.8, 4) is 5.75 Å². The average molecular weight is 314 g/mol. The Morgan fingerprint density at radius 1 is 1.09 bits per heavy atom. The fourth-order valence-corrected chi connectivity index (χ4v) is 3.14. The highest BCUT2D eigenvalue weighted by Gasteiger charge is 2.35. The van der Waals surface area contributed by atoms with E-state index in [1.54, 1.807) is 13.2 Å². The van der Waals surface area contributed by atoms with Crippen LogP contribution >= 0.6 is 0 Å². The summed E-state index contributed by atoms with van der Waals surface area (Å²) >= 11 is 0. The first-order valence-corrected chi connectivity index (χ1v) is 7.37. The zero-order chi connectivity index (χ0) is 16.7. The summed E-state index contributed by atoms with van der Waals surface area (Å²) in [6, 6.07) is 9.28. The van der Waals surface area contributed by atoms with Gasteiger partial charge in [-0.05, 0) is 36.6 Å². The van der Waals surface area contributed by atoms with Gasteiger partial charge in [-0.2, -0.15) is 0 Å². The monoisotopic (exact) mass is 314 g/mol. The van der Waals surface area contributed by atoms with E-state index in [9.17, 15) is 14.7 Å². The molecule has 4 nitrogen and oxygen atoms in total. The number of aromatic hydroxyl groups is 1. The molecule has 1 aliphatic heterocycles. The molecule has 0 aliphatic carbocycles. The number of phenols is 1. The van der Waals surface area contributed by atoms with Crippen LogP contribution in [0.3, 0.4) is 0 Å². The first-order valence-electron chi connectivity index (χ1n) is 7.37. The summed E-state index contributed by atoms with van der Waals surface area (Å²) in [7, 11) is 1.70. The maximum absolute atomic E-state index is 14.3. The number of nitrogens with zero attached hydrogens (tertiary/aromatic N) is 2. The standard InChI is InChI=1S/C18H19FN2O2/c1-11-5-4-6-12(2)17(11)15-10-20(3)21(23)18(15)14-8-7-13(22)9-16(14)19/h4-10,18,22-23H,1-3H3. The Labute approximate surface area is 134 Å². The molecule has 3 rings (SSSR count). The van der Waals surface area contributed by atoms with Gasteiger partial charge in [0.15, 0.2) is 0 Å². The van der Waals surface area contributed by atoms with E-state index in [1.807, 2.05) is 32.0 Å². The van der Waals surface area contributed by atoms with Crippen molar-refractivity contribution < 1.29 is 14.7 Å². The molecular formula is C18H19FN2O2. The number of hydrogen-bond acceptors (Lipinski definition) is 4. The third-order valence-corrected chi connectivity index (χ3v) is 4.22. The summed E-state index contributed by atoms with van der Waals surface area (Å²) in [5.74, 6) is -0.693. The molecule has 0 bridgehead atoms. The molecular weight excluding hydrogens is 295 g/mol. The third-order valence-electron chi connectivity index (χ3n) is 4.22. The maximum atomic E-state index is 14.3. The number of hydrogen-bond donors (Lipinski definition) is 2. The minimum atomic E-state index is -0.666. The SMILES string of the molecule is Cc1cccc(C)c1C1=CN(C)N(O)C1c1ccc(O)cc1F. The third kappa shape index (κ3) is 2.58. The van der Waals surface area contributed by atoms with Gasteiger partial charge in [-0.25, -0.2) is 4.39 Å². The molecule has 0 saturated heterocycles. The van der Waals surface area contributed by atoms with Gasteiger partial charge in [0.1, 0.15) is 17.6 Å². The smallest absolute Gasteiger partial charge is 0.132 e. The highest BCUT2D eigenvalue weighted by molar-refractivity contribution is 5.76. The van der Waals surface area contributed by atoms with Crippen molar-refractivity contribution >= 4 is 5.57 Å². The van der Waals surface area contributed by atoms with E-state index in [1.165, 1.54) is 17.1 Å². The van der Waals surface area contributed by atoms with Crippen molar-refractivity contribution in [2.45, 2.75) is 19.9 Å². The second-order valence-corrected chi connectivity index (χ2v) is 5.85. The number of phenolic OH excluding ortho intramolecular Hbond substituents is 1. The number of rotatable bonds is 2. The van der Waals surface area contributed by atoms with Gasteiger partial charge in [0.2, 0.25) is 0 Å². The van der Waals surface area contributed by atoms with E-state index in [2.05, 4.69) is 0 Å². The second kappa shape index (κ2) is 5.68. The molecule has 2 N–H and O–H groups in total. The Morgan fingerprint density at radius 3 is 2.35 bits per heavy atom. The summed E-state index contributed by atoms with van der Waals surface area (Å²) in [6.45, 7) is 3.99. The van der Waals surface area contributed by atoms with Crippen LogP contribution < -0.4 is 0 Å². The van der Waals surface area contributed by atoms with Gasteiger partial charge >= 0.3 is 0 Å². The van der Waals surface area contributed by atoms with Gasteiger partial charge in [0.05, 0.1) is 0 Å².